The summed E-state index contributed by atoms with van der Waals surface area (Å²) in [4.78, 5) is 19.1. The molecule has 1 aromatic rings. The van der Waals surface area contributed by atoms with E-state index in [4.69, 9.17) is 5.11 Å². The Morgan fingerprint density at radius 2 is 2.17 bits per heavy atom. The number of rotatable bonds is 8. The summed E-state index contributed by atoms with van der Waals surface area (Å²) in [6, 6.07) is 0. The van der Waals surface area contributed by atoms with Crippen molar-refractivity contribution in [2.75, 3.05) is 33.7 Å². The molecule has 0 saturated carbocycles. The van der Waals surface area contributed by atoms with Crippen LogP contribution in [0.1, 0.15) is 12.7 Å². The summed E-state index contributed by atoms with van der Waals surface area (Å²) < 4.78 is 2.03. The van der Waals surface area contributed by atoms with Crippen molar-refractivity contribution >= 4 is 5.97 Å². The van der Waals surface area contributed by atoms with Gasteiger partial charge in [-0.25, -0.2) is 4.98 Å². The Kier molecular flexibility index (Phi) is 5.80. The Morgan fingerprint density at radius 1 is 1.44 bits per heavy atom. The van der Waals surface area contributed by atoms with Crippen molar-refractivity contribution in [3.05, 3.63) is 18.2 Å². The number of aryl methyl sites for hydroxylation is 1. The first kappa shape index (κ1) is 14.7. The van der Waals surface area contributed by atoms with Crippen molar-refractivity contribution in [1.29, 1.82) is 0 Å². The summed E-state index contributed by atoms with van der Waals surface area (Å²) in [6.45, 7) is 5.07. The highest BCUT2D eigenvalue weighted by atomic mass is 16.4. The van der Waals surface area contributed by atoms with E-state index < -0.39 is 5.97 Å². The van der Waals surface area contributed by atoms with Crippen LogP contribution in [0.5, 0.6) is 0 Å². The molecule has 102 valence electrons. The first-order valence-corrected chi connectivity index (χ1v) is 6.11. The lowest BCUT2D eigenvalue weighted by Crippen LogP contribution is -2.35. The lowest BCUT2D eigenvalue weighted by atomic mass is 10.4. The van der Waals surface area contributed by atoms with E-state index in [-0.39, 0.29) is 6.54 Å². The van der Waals surface area contributed by atoms with E-state index in [2.05, 4.69) is 4.98 Å². The summed E-state index contributed by atoms with van der Waals surface area (Å²) in [5.74, 6) is 0.112. The number of imidazole rings is 1. The Hall–Kier alpha value is -1.40. The highest BCUT2D eigenvalue weighted by Crippen LogP contribution is 2.03. The Labute approximate surface area is 108 Å². The smallest absolute Gasteiger partial charge is 0.317 e. The molecule has 0 fully saturated rings. The van der Waals surface area contributed by atoms with Crippen LogP contribution < -0.4 is 0 Å². The second kappa shape index (κ2) is 7.13. The van der Waals surface area contributed by atoms with Gasteiger partial charge in [0.15, 0.2) is 0 Å². The maximum absolute atomic E-state index is 10.9. The summed E-state index contributed by atoms with van der Waals surface area (Å²) in [7, 11) is 3.96. The minimum atomic E-state index is -0.802. The topological polar surface area (TPSA) is 61.6 Å². The van der Waals surface area contributed by atoms with Crippen molar-refractivity contribution < 1.29 is 9.90 Å². The number of carbonyl (C=O) groups is 1. The lowest BCUT2D eigenvalue weighted by molar-refractivity contribution is -0.138. The van der Waals surface area contributed by atoms with E-state index in [0.29, 0.717) is 6.54 Å². The Morgan fingerprint density at radius 3 is 2.72 bits per heavy atom. The first-order chi connectivity index (χ1) is 8.52. The van der Waals surface area contributed by atoms with Gasteiger partial charge in [-0.1, -0.05) is 0 Å². The number of hydrogen-bond donors (Lipinski definition) is 1. The molecule has 0 aromatic carbocycles. The van der Waals surface area contributed by atoms with E-state index in [1.54, 1.807) is 6.20 Å². The number of hydrogen-bond acceptors (Lipinski definition) is 4. The molecule has 1 N–H and O–H groups in total. The molecule has 0 saturated heterocycles. The van der Waals surface area contributed by atoms with Crippen molar-refractivity contribution in [2.45, 2.75) is 20.0 Å². The van der Waals surface area contributed by atoms with Crippen LogP contribution in [0.3, 0.4) is 0 Å². The van der Waals surface area contributed by atoms with Crippen molar-refractivity contribution in [1.82, 2.24) is 19.4 Å². The van der Waals surface area contributed by atoms with Gasteiger partial charge in [-0.05, 0) is 21.0 Å². The highest BCUT2D eigenvalue weighted by Gasteiger charge is 2.13. The zero-order valence-electron chi connectivity index (χ0n) is 11.3. The van der Waals surface area contributed by atoms with E-state index >= 15 is 0 Å². The van der Waals surface area contributed by atoms with Crippen LogP contribution in [0.15, 0.2) is 12.4 Å². The predicted molar refractivity (Wildman–Crippen MR) is 69.4 cm³/mol. The quantitative estimate of drug-likeness (QED) is 0.725. The molecule has 0 unspecified atom stereocenters. The van der Waals surface area contributed by atoms with E-state index in [0.717, 1.165) is 25.5 Å². The maximum atomic E-state index is 10.9. The second-order valence-electron chi connectivity index (χ2n) is 4.54. The van der Waals surface area contributed by atoms with Gasteiger partial charge in [0.2, 0.25) is 0 Å². The van der Waals surface area contributed by atoms with Crippen LogP contribution in [-0.4, -0.2) is 64.2 Å². The van der Waals surface area contributed by atoms with Crippen molar-refractivity contribution in [3.63, 3.8) is 0 Å². The average Bonchev–Trinajstić information content (AvgIpc) is 2.72. The minimum absolute atomic E-state index is 0.0460. The third kappa shape index (κ3) is 4.85. The van der Waals surface area contributed by atoms with Gasteiger partial charge in [0.1, 0.15) is 5.82 Å². The molecule has 0 radical (unpaired) electrons. The van der Waals surface area contributed by atoms with Crippen LogP contribution in [0, 0.1) is 0 Å². The zero-order valence-corrected chi connectivity index (χ0v) is 11.3. The van der Waals surface area contributed by atoms with Gasteiger partial charge in [-0.3, -0.25) is 9.69 Å². The first-order valence-electron chi connectivity index (χ1n) is 6.11. The van der Waals surface area contributed by atoms with Crippen LogP contribution in [0.2, 0.25) is 0 Å². The predicted octanol–water partition coefficient (Wildman–Crippen LogP) is 0.351. The fourth-order valence-corrected chi connectivity index (χ4v) is 1.73. The van der Waals surface area contributed by atoms with Crippen LogP contribution >= 0.6 is 0 Å². The van der Waals surface area contributed by atoms with Gasteiger partial charge in [0.25, 0.3) is 0 Å². The molecule has 0 aliphatic carbocycles. The number of carboxylic acid groups (broad SMARTS) is 1. The molecule has 0 spiro atoms. The fraction of sp³-hybridized carbons (Fsp3) is 0.667. The summed E-state index contributed by atoms with van der Waals surface area (Å²) in [5, 5.41) is 8.92. The average molecular weight is 254 g/mol. The number of nitrogens with zero attached hydrogens (tertiary/aromatic N) is 4. The van der Waals surface area contributed by atoms with Crippen LogP contribution in [-0.2, 0) is 17.9 Å². The summed E-state index contributed by atoms with van der Waals surface area (Å²) >= 11 is 0. The number of aromatic nitrogens is 2. The summed E-state index contributed by atoms with van der Waals surface area (Å²) in [5.41, 5.74) is 0. The Balaban J connectivity index is 2.62. The monoisotopic (exact) mass is 254 g/mol. The van der Waals surface area contributed by atoms with Gasteiger partial charge < -0.3 is 14.6 Å². The van der Waals surface area contributed by atoms with E-state index in [1.807, 2.05) is 41.6 Å². The Bertz CT molecular complexity index is 376. The molecule has 1 heterocycles. The normalized spacial score (nSPS) is 11.4. The maximum Gasteiger partial charge on any atom is 0.317 e. The van der Waals surface area contributed by atoms with Crippen molar-refractivity contribution in [3.8, 4) is 0 Å². The molecule has 1 rings (SSSR count). The van der Waals surface area contributed by atoms with Gasteiger partial charge in [-0.2, -0.15) is 0 Å². The van der Waals surface area contributed by atoms with Crippen LogP contribution in [0.4, 0.5) is 0 Å². The minimum Gasteiger partial charge on any atom is -0.480 e. The second-order valence-corrected chi connectivity index (χ2v) is 4.54. The molecule has 0 bridgehead atoms. The fourth-order valence-electron chi connectivity index (χ4n) is 1.73. The SMILES string of the molecule is CCn1ccnc1CN(CCN(C)C)CC(=O)O. The molecule has 18 heavy (non-hydrogen) atoms. The summed E-state index contributed by atoms with van der Waals surface area (Å²) in [6.07, 6.45) is 3.67. The molecule has 0 aliphatic heterocycles. The number of likely N-dealkylation sites (N-methyl/N-ethyl adjacent to an activating group) is 1. The molecule has 0 amide bonds. The zero-order chi connectivity index (χ0) is 13.5. The highest BCUT2D eigenvalue weighted by molar-refractivity contribution is 5.69. The van der Waals surface area contributed by atoms with E-state index in [1.165, 1.54) is 0 Å². The molecular weight excluding hydrogens is 232 g/mol. The van der Waals surface area contributed by atoms with Crippen molar-refractivity contribution in [2.24, 2.45) is 0 Å². The van der Waals surface area contributed by atoms with Gasteiger partial charge in [-0.15, -0.1) is 0 Å². The van der Waals surface area contributed by atoms with E-state index in [9.17, 15) is 4.79 Å². The molecule has 0 atom stereocenters. The largest absolute Gasteiger partial charge is 0.480 e. The number of carboxylic acids is 1. The molecular formula is C12H22N4O2. The molecule has 0 aliphatic rings. The molecule has 1 aromatic heterocycles. The van der Waals surface area contributed by atoms with Crippen LogP contribution in [0.25, 0.3) is 0 Å². The van der Waals surface area contributed by atoms with Gasteiger partial charge >= 0.3 is 5.97 Å². The third-order valence-corrected chi connectivity index (χ3v) is 2.73. The lowest BCUT2D eigenvalue weighted by Gasteiger charge is -2.22. The molecule has 6 heteroatoms. The number of aliphatic carboxylic acids is 1. The standard InChI is InChI=1S/C12H22N4O2/c1-4-16-6-5-13-11(16)9-15(10-12(17)18)8-7-14(2)3/h5-6H,4,7-10H2,1-3H3,(H,17,18). The third-order valence-electron chi connectivity index (χ3n) is 2.73. The molecule has 6 nitrogen and oxygen atoms in total. The van der Waals surface area contributed by atoms with Gasteiger partial charge in [0, 0.05) is 32.0 Å². The van der Waals surface area contributed by atoms with Gasteiger partial charge in [0.05, 0.1) is 13.1 Å².